The zero-order chi connectivity index (χ0) is 9.97. The maximum atomic E-state index is 3.39. The van der Waals surface area contributed by atoms with Gasteiger partial charge in [-0.05, 0) is 32.0 Å². The van der Waals surface area contributed by atoms with Crippen molar-refractivity contribution < 1.29 is 0 Å². The number of benzene rings is 1. The highest BCUT2D eigenvalue weighted by Crippen LogP contribution is 2.18. The molecule has 0 spiro atoms. The molecule has 76 valence electrons. The molecule has 0 radical (unpaired) electrons. The van der Waals surface area contributed by atoms with E-state index in [1.165, 1.54) is 17.7 Å². The lowest BCUT2D eigenvalue weighted by atomic mass is 10.1. The molecule has 0 saturated carbocycles. The first-order valence-electron chi connectivity index (χ1n) is 5.27. The minimum atomic E-state index is 0.665. The third kappa shape index (κ3) is 1.90. The zero-order valence-corrected chi connectivity index (χ0v) is 8.96. The third-order valence-electron chi connectivity index (χ3n) is 3.02. The monoisotopic (exact) mass is 190 g/mol. The molecule has 1 aromatic rings. The van der Waals surface area contributed by atoms with Crippen LogP contribution in [0.2, 0.25) is 0 Å². The van der Waals surface area contributed by atoms with Gasteiger partial charge in [0.05, 0.1) is 0 Å². The normalized spacial score (nSPS) is 21.1. The first kappa shape index (κ1) is 9.53. The summed E-state index contributed by atoms with van der Waals surface area (Å²) < 4.78 is 0. The van der Waals surface area contributed by atoms with Gasteiger partial charge in [0, 0.05) is 25.3 Å². The number of rotatable bonds is 2. The molecule has 1 heterocycles. The van der Waals surface area contributed by atoms with E-state index in [-0.39, 0.29) is 0 Å². The molecule has 2 nitrogen and oxygen atoms in total. The van der Waals surface area contributed by atoms with Crippen LogP contribution in [0.5, 0.6) is 0 Å². The number of hydrogen-bond donors (Lipinski definition) is 1. The smallest absolute Gasteiger partial charge is 0.0423 e. The standard InChI is InChI=1S/C12H18N2/c1-10-3-5-11(6-4-10)14(2)12-7-8-13-9-12/h3-6,12-13H,7-9H2,1-2H3. The van der Waals surface area contributed by atoms with Crippen molar-refractivity contribution in [3.05, 3.63) is 29.8 Å². The summed E-state index contributed by atoms with van der Waals surface area (Å²) in [6.45, 7) is 4.39. The van der Waals surface area contributed by atoms with Gasteiger partial charge < -0.3 is 10.2 Å². The number of nitrogens with zero attached hydrogens (tertiary/aromatic N) is 1. The fourth-order valence-corrected chi connectivity index (χ4v) is 1.96. The summed E-state index contributed by atoms with van der Waals surface area (Å²) in [6.07, 6.45) is 1.25. The Kier molecular flexibility index (Phi) is 2.73. The molecule has 2 rings (SSSR count). The van der Waals surface area contributed by atoms with Crippen molar-refractivity contribution in [2.24, 2.45) is 0 Å². The van der Waals surface area contributed by atoms with Crippen molar-refractivity contribution in [2.45, 2.75) is 19.4 Å². The van der Waals surface area contributed by atoms with E-state index in [2.05, 4.69) is 48.5 Å². The summed E-state index contributed by atoms with van der Waals surface area (Å²) in [5.41, 5.74) is 2.65. The number of nitrogens with one attached hydrogen (secondary N) is 1. The Labute approximate surface area is 85.9 Å². The molecule has 1 aliphatic heterocycles. The summed E-state index contributed by atoms with van der Waals surface area (Å²) in [5.74, 6) is 0. The lowest BCUT2D eigenvalue weighted by Gasteiger charge is -2.26. The molecule has 1 aromatic carbocycles. The molecule has 0 bridgehead atoms. The molecule has 0 aromatic heterocycles. The predicted molar refractivity (Wildman–Crippen MR) is 60.9 cm³/mol. The van der Waals surface area contributed by atoms with Crippen molar-refractivity contribution >= 4 is 5.69 Å². The molecule has 1 saturated heterocycles. The Balaban J connectivity index is 2.09. The molecule has 1 N–H and O–H groups in total. The van der Waals surface area contributed by atoms with Gasteiger partial charge in [-0.15, -0.1) is 0 Å². The number of anilines is 1. The molecule has 1 unspecified atom stereocenters. The van der Waals surface area contributed by atoms with Crippen LogP contribution in [0.4, 0.5) is 5.69 Å². The fourth-order valence-electron chi connectivity index (χ4n) is 1.96. The van der Waals surface area contributed by atoms with Crippen LogP contribution in [0.15, 0.2) is 24.3 Å². The van der Waals surface area contributed by atoms with Crippen LogP contribution in [0.1, 0.15) is 12.0 Å². The molecule has 2 heteroatoms. The van der Waals surface area contributed by atoms with Gasteiger partial charge in [-0.25, -0.2) is 0 Å². The van der Waals surface area contributed by atoms with Gasteiger partial charge in [-0.1, -0.05) is 17.7 Å². The van der Waals surface area contributed by atoms with Crippen molar-refractivity contribution in [2.75, 3.05) is 25.0 Å². The van der Waals surface area contributed by atoms with Crippen LogP contribution in [0.3, 0.4) is 0 Å². The van der Waals surface area contributed by atoms with E-state index < -0.39 is 0 Å². The Morgan fingerprint density at radius 3 is 2.57 bits per heavy atom. The van der Waals surface area contributed by atoms with Crippen molar-refractivity contribution in [3.8, 4) is 0 Å². The van der Waals surface area contributed by atoms with Gasteiger partial charge in [0.2, 0.25) is 0 Å². The predicted octanol–water partition coefficient (Wildman–Crippen LogP) is 1.79. The van der Waals surface area contributed by atoms with Gasteiger partial charge in [0.15, 0.2) is 0 Å². The highest BCUT2D eigenvalue weighted by Gasteiger charge is 2.18. The first-order valence-corrected chi connectivity index (χ1v) is 5.27. The Hall–Kier alpha value is -1.02. The molecular formula is C12H18N2. The summed E-state index contributed by atoms with van der Waals surface area (Å²) in [5, 5.41) is 3.39. The zero-order valence-electron chi connectivity index (χ0n) is 8.96. The van der Waals surface area contributed by atoms with E-state index in [0.29, 0.717) is 6.04 Å². The number of likely N-dealkylation sites (N-methyl/N-ethyl adjacent to an activating group) is 1. The van der Waals surface area contributed by atoms with Gasteiger partial charge in [0.25, 0.3) is 0 Å². The summed E-state index contributed by atoms with van der Waals surface area (Å²) in [4.78, 5) is 2.37. The van der Waals surface area contributed by atoms with E-state index in [1.54, 1.807) is 0 Å². The molecule has 1 fully saturated rings. The van der Waals surface area contributed by atoms with Gasteiger partial charge in [-0.2, -0.15) is 0 Å². The minimum Gasteiger partial charge on any atom is -0.370 e. The maximum absolute atomic E-state index is 3.39. The number of hydrogen-bond acceptors (Lipinski definition) is 2. The molecule has 0 amide bonds. The summed E-state index contributed by atoms with van der Waals surface area (Å²) in [7, 11) is 2.18. The van der Waals surface area contributed by atoms with Gasteiger partial charge >= 0.3 is 0 Å². The third-order valence-corrected chi connectivity index (χ3v) is 3.02. The van der Waals surface area contributed by atoms with Crippen LogP contribution in [-0.2, 0) is 0 Å². The van der Waals surface area contributed by atoms with E-state index >= 15 is 0 Å². The molecule has 0 aliphatic carbocycles. The van der Waals surface area contributed by atoms with Crippen LogP contribution >= 0.6 is 0 Å². The van der Waals surface area contributed by atoms with Gasteiger partial charge in [-0.3, -0.25) is 0 Å². The van der Waals surface area contributed by atoms with Crippen LogP contribution < -0.4 is 10.2 Å². The van der Waals surface area contributed by atoms with Crippen LogP contribution in [0.25, 0.3) is 0 Å². The van der Waals surface area contributed by atoms with Crippen molar-refractivity contribution in [1.82, 2.24) is 5.32 Å². The largest absolute Gasteiger partial charge is 0.370 e. The Bertz CT molecular complexity index is 286. The van der Waals surface area contributed by atoms with E-state index in [4.69, 9.17) is 0 Å². The van der Waals surface area contributed by atoms with Crippen molar-refractivity contribution in [1.29, 1.82) is 0 Å². The lowest BCUT2D eigenvalue weighted by Crippen LogP contribution is -2.33. The SMILES string of the molecule is Cc1ccc(N(C)C2CCNC2)cc1. The second-order valence-corrected chi connectivity index (χ2v) is 4.09. The summed E-state index contributed by atoms with van der Waals surface area (Å²) >= 11 is 0. The Morgan fingerprint density at radius 2 is 2.00 bits per heavy atom. The Morgan fingerprint density at radius 1 is 1.29 bits per heavy atom. The highest BCUT2D eigenvalue weighted by molar-refractivity contribution is 5.47. The van der Waals surface area contributed by atoms with Crippen LogP contribution in [-0.4, -0.2) is 26.2 Å². The lowest BCUT2D eigenvalue weighted by molar-refractivity contribution is 0.685. The van der Waals surface area contributed by atoms with E-state index in [0.717, 1.165) is 13.1 Å². The maximum Gasteiger partial charge on any atom is 0.0423 e. The topological polar surface area (TPSA) is 15.3 Å². The average Bonchev–Trinajstić information content (AvgIpc) is 2.71. The average molecular weight is 190 g/mol. The fraction of sp³-hybridized carbons (Fsp3) is 0.500. The van der Waals surface area contributed by atoms with E-state index in [9.17, 15) is 0 Å². The first-order chi connectivity index (χ1) is 6.77. The van der Waals surface area contributed by atoms with Crippen LogP contribution in [0, 0.1) is 6.92 Å². The number of aryl methyl sites for hydroxylation is 1. The van der Waals surface area contributed by atoms with E-state index in [1.807, 2.05) is 0 Å². The molecule has 14 heavy (non-hydrogen) atoms. The highest BCUT2D eigenvalue weighted by atomic mass is 15.2. The second kappa shape index (κ2) is 4.01. The molecule has 1 atom stereocenters. The molecular weight excluding hydrogens is 172 g/mol. The van der Waals surface area contributed by atoms with Gasteiger partial charge in [0.1, 0.15) is 0 Å². The van der Waals surface area contributed by atoms with Crippen molar-refractivity contribution in [3.63, 3.8) is 0 Å². The summed E-state index contributed by atoms with van der Waals surface area (Å²) in [6, 6.07) is 9.42. The minimum absolute atomic E-state index is 0.665. The second-order valence-electron chi connectivity index (χ2n) is 4.09. The molecule has 1 aliphatic rings. The quantitative estimate of drug-likeness (QED) is 0.765.